The molecule has 0 radical (unpaired) electrons. The van der Waals surface area contributed by atoms with Crippen LogP contribution in [0.2, 0.25) is 0 Å². The first-order valence-electron chi connectivity index (χ1n) is 9.52. The van der Waals surface area contributed by atoms with Gasteiger partial charge in [0.15, 0.2) is 5.69 Å². The molecule has 1 saturated heterocycles. The number of rotatable bonds is 5. The number of hydrogen-bond acceptors (Lipinski definition) is 6. The van der Waals surface area contributed by atoms with Crippen LogP contribution >= 0.6 is 0 Å². The summed E-state index contributed by atoms with van der Waals surface area (Å²) in [5.74, 6) is 1.67. The Morgan fingerprint density at radius 3 is 2.55 bits per heavy atom. The van der Waals surface area contributed by atoms with Crippen LogP contribution in [0.4, 0.5) is 18.9 Å². The zero-order valence-corrected chi connectivity index (χ0v) is 17.2. The highest BCUT2D eigenvalue weighted by Gasteiger charge is 2.34. The summed E-state index contributed by atoms with van der Waals surface area (Å²) in [5.41, 5.74) is -0.549. The Kier molecular flexibility index (Phi) is 6.77. The molecule has 10 heteroatoms. The normalized spacial score (nSPS) is 15.4. The lowest BCUT2D eigenvalue weighted by molar-refractivity contribution is -0.138. The van der Waals surface area contributed by atoms with Gasteiger partial charge in [0.1, 0.15) is 0 Å². The Balaban J connectivity index is 1.81. The van der Waals surface area contributed by atoms with E-state index in [1.807, 2.05) is 11.9 Å². The Bertz CT molecular complexity index is 995. The second-order valence-electron chi connectivity index (χ2n) is 7.20. The van der Waals surface area contributed by atoms with Crippen molar-refractivity contribution in [3.63, 3.8) is 0 Å². The number of nitrogens with one attached hydrogen (secondary N) is 1. The van der Waals surface area contributed by atoms with Crippen molar-refractivity contribution in [3.05, 3.63) is 46.6 Å². The Morgan fingerprint density at radius 1 is 1.23 bits per heavy atom. The number of terminal acetylenes is 1. The van der Waals surface area contributed by atoms with Gasteiger partial charge in [-0.05, 0) is 30.8 Å². The van der Waals surface area contributed by atoms with Crippen molar-refractivity contribution in [2.24, 2.45) is 0 Å². The molecule has 0 bridgehead atoms. The number of likely N-dealkylation sites (N-methyl/N-ethyl adjacent to an activating group) is 1. The largest absolute Gasteiger partial charge is 0.479 e. The molecule has 31 heavy (non-hydrogen) atoms. The molecule has 1 aromatic heterocycles. The molecule has 0 aliphatic carbocycles. The highest BCUT2D eigenvalue weighted by molar-refractivity contribution is 6.03. The Hall–Kier alpha value is -3.16. The summed E-state index contributed by atoms with van der Waals surface area (Å²) in [6.07, 6.45) is 0.799. The molecule has 3 rings (SSSR count). The van der Waals surface area contributed by atoms with Crippen molar-refractivity contribution in [1.82, 2.24) is 20.0 Å². The van der Waals surface area contributed by atoms with Crippen LogP contribution < -0.4 is 10.1 Å². The van der Waals surface area contributed by atoms with Crippen LogP contribution in [0.15, 0.2) is 24.3 Å². The summed E-state index contributed by atoms with van der Waals surface area (Å²) in [6.45, 7) is 3.18. The van der Waals surface area contributed by atoms with E-state index in [0.717, 1.165) is 19.2 Å². The summed E-state index contributed by atoms with van der Waals surface area (Å²) in [7, 11) is 3.34. The van der Waals surface area contributed by atoms with Gasteiger partial charge in [-0.15, -0.1) is 16.6 Å². The van der Waals surface area contributed by atoms with Crippen LogP contribution in [0.1, 0.15) is 27.2 Å². The molecule has 2 aromatic rings. The molecule has 7 nitrogen and oxygen atoms in total. The number of alkyl halides is 3. The van der Waals surface area contributed by atoms with E-state index in [4.69, 9.17) is 11.2 Å². The van der Waals surface area contributed by atoms with E-state index in [-0.39, 0.29) is 34.9 Å². The second-order valence-corrected chi connectivity index (χ2v) is 7.20. The monoisotopic (exact) mass is 433 g/mol. The summed E-state index contributed by atoms with van der Waals surface area (Å²) < 4.78 is 46.0. The zero-order chi connectivity index (χ0) is 22.6. The summed E-state index contributed by atoms with van der Waals surface area (Å²) >= 11 is 0. The van der Waals surface area contributed by atoms with Gasteiger partial charge in [0.05, 0.1) is 18.2 Å². The van der Waals surface area contributed by atoms with E-state index in [2.05, 4.69) is 26.3 Å². The average Bonchev–Trinajstić information content (AvgIpc) is 2.75. The molecule has 1 amide bonds. The third-order valence-electron chi connectivity index (χ3n) is 5.00. The molecule has 164 valence electrons. The van der Waals surface area contributed by atoms with Crippen molar-refractivity contribution >= 4 is 11.6 Å². The van der Waals surface area contributed by atoms with Crippen molar-refractivity contribution in [3.8, 4) is 18.2 Å². The molecule has 1 aliphatic rings. The smallest absolute Gasteiger partial charge is 0.416 e. The SMILES string of the molecule is C#Cc1cc(C(=O)Nc2ccc(CN3CCN(C)CC3)c(C(F)(F)F)c2)nnc1OC. The number of carbonyl (C=O) groups excluding carboxylic acids is 1. The lowest BCUT2D eigenvalue weighted by Crippen LogP contribution is -2.44. The number of nitrogens with zero attached hydrogens (tertiary/aromatic N) is 4. The highest BCUT2D eigenvalue weighted by Crippen LogP contribution is 2.34. The van der Waals surface area contributed by atoms with E-state index < -0.39 is 17.6 Å². The maximum Gasteiger partial charge on any atom is 0.416 e. The fourth-order valence-corrected chi connectivity index (χ4v) is 3.24. The highest BCUT2D eigenvalue weighted by atomic mass is 19.4. The van der Waals surface area contributed by atoms with Gasteiger partial charge in [-0.1, -0.05) is 12.0 Å². The van der Waals surface area contributed by atoms with Gasteiger partial charge in [-0.2, -0.15) is 13.2 Å². The number of aromatic nitrogens is 2. The predicted octanol–water partition coefficient (Wildman–Crippen LogP) is 2.49. The van der Waals surface area contributed by atoms with Crippen molar-refractivity contribution in [2.45, 2.75) is 12.7 Å². The Morgan fingerprint density at radius 2 is 1.94 bits per heavy atom. The number of benzene rings is 1. The minimum atomic E-state index is -4.56. The molecule has 2 heterocycles. The summed E-state index contributed by atoms with van der Waals surface area (Å²) in [6, 6.07) is 5.05. The van der Waals surface area contributed by atoms with Gasteiger partial charge in [-0.25, -0.2) is 0 Å². The molecule has 1 N–H and O–H groups in total. The van der Waals surface area contributed by atoms with Gasteiger partial charge >= 0.3 is 6.18 Å². The van der Waals surface area contributed by atoms with Crippen molar-refractivity contribution < 1.29 is 22.7 Å². The molecule has 0 spiro atoms. The topological polar surface area (TPSA) is 70.6 Å². The number of ether oxygens (including phenoxy) is 1. The third kappa shape index (κ3) is 5.51. The van der Waals surface area contributed by atoms with E-state index in [1.165, 1.54) is 25.3 Å². The summed E-state index contributed by atoms with van der Waals surface area (Å²) in [5, 5.41) is 9.84. The van der Waals surface area contributed by atoms with E-state index >= 15 is 0 Å². The van der Waals surface area contributed by atoms with E-state index in [0.29, 0.717) is 13.1 Å². The first kappa shape index (κ1) is 22.5. The van der Waals surface area contributed by atoms with Gasteiger partial charge in [-0.3, -0.25) is 9.69 Å². The fourth-order valence-electron chi connectivity index (χ4n) is 3.24. The molecule has 0 saturated carbocycles. The maximum absolute atomic E-state index is 13.7. The third-order valence-corrected chi connectivity index (χ3v) is 5.00. The Labute approximate surface area is 178 Å². The van der Waals surface area contributed by atoms with Gasteiger partial charge in [0.2, 0.25) is 5.88 Å². The van der Waals surface area contributed by atoms with E-state index in [1.54, 1.807) is 0 Å². The number of hydrogen-bond donors (Lipinski definition) is 1. The number of carbonyl (C=O) groups is 1. The lowest BCUT2D eigenvalue weighted by Gasteiger charge is -2.33. The average molecular weight is 433 g/mol. The number of methoxy groups -OCH3 is 1. The van der Waals surface area contributed by atoms with Crippen LogP contribution in [-0.2, 0) is 12.7 Å². The quantitative estimate of drug-likeness (QED) is 0.731. The predicted molar refractivity (Wildman–Crippen MR) is 109 cm³/mol. The number of anilines is 1. The van der Waals surface area contributed by atoms with Crippen LogP contribution in [0.25, 0.3) is 0 Å². The van der Waals surface area contributed by atoms with Crippen LogP contribution in [0.3, 0.4) is 0 Å². The molecule has 1 fully saturated rings. The number of piperazine rings is 1. The van der Waals surface area contributed by atoms with Crippen LogP contribution in [0, 0.1) is 12.3 Å². The minimum absolute atomic E-state index is 0.000622. The van der Waals surface area contributed by atoms with Crippen LogP contribution in [-0.4, -0.2) is 66.2 Å². The van der Waals surface area contributed by atoms with Gasteiger partial charge < -0.3 is 15.0 Å². The van der Waals surface area contributed by atoms with Gasteiger partial charge in [0, 0.05) is 38.4 Å². The second kappa shape index (κ2) is 9.32. The number of halogens is 3. The molecule has 0 atom stereocenters. The minimum Gasteiger partial charge on any atom is -0.479 e. The molecular formula is C21H22F3N5O2. The van der Waals surface area contributed by atoms with Gasteiger partial charge in [0.25, 0.3) is 5.91 Å². The fraction of sp³-hybridized carbons (Fsp3) is 0.381. The zero-order valence-electron chi connectivity index (χ0n) is 17.2. The molecule has 1 aliphatic heterocycles. The standard InChI is InChI=1S/C21H22F3N5O2/c1-4-14-11-18(26-27-20(14)31-3)19(30)25-16-6-5-15(17(12-16)21(22,23)24)13-29-9-7-28(2)8-10-29/h1,5-6,11-12H,7-10,13H2,2-3H3,(H,25,30). The van der Waals surface area contributed by atoms with Crippen LogP contribution in [0.5, 0.6) is 5.88 Å². The van der Waals surface area contributed by atoms with Crippen molar-refractivity contribution in [2.75, 3.05) is 45.7 Å². The molecular weight excluding hydrogens is 411 g/mol. The first-order valence-corrected chi connectivity index (χ1v) is 9.52. The maximum atomic E-state index is 13.7. The molecule has 0 unspecified atom stereocenters. The number of amides is 1. The van der Waals surface area contributed by atoms with E-state index in [9.17, 15) is 18.0 Å². The lowest BCUT2D eigenvalue weighted by atomic mass is 10.0. The summed E-state index contributed by atoms with van der Waals surface area (Å²) in [4.78, 5) is 16.6. The first-order chi connectivity index (χ1) is 14.7. The van der Waals surface area contributed by atoms with Crippen molar-refractivity contribution in [1.29, 1.82) is 0 Å². The molecule has 1 aromatic carbocycles.